The van der Waals surface area contributed by atoms with E-state index < -0.39 is 0 Å². The number of nitrogens with zero attached hydrogens (tertiary/aromatic N) is 3. The van der Waals surface area contributed by atoms with Crippen molar-refractivity contribution in [3.05, 3.63) is 72.3 Å². The molecule has 5 rings (SSSR count). The first kappa shape index (κ1) is 15.5. The number of rotatable bonds is 3. The fourth-order valence-electron chi connectivity index (χ4n) is 4.25. The maximum Gasteiger partial charge on any atom is 0.113 e. The molecular formula is C22H22N4. The average Bonchev–Trinajstić information content (AvgIpc) is 3.13. The van der Waals surface area contributed by atoms with Crippen molar-refractivity contribution in [1.29, 1.82) is 0 Å². The van der Waals surface area contributed by atoms with E-state index in [-0.39, 0.29) is 6.04 Å². The molecule has 3 aromatic carbocycles. The standard InChI is InChI=1S/C22H22N4/c1-2-7-17-14-18(12-11-16(17)6-1)22(19-8-5-13-23-15-19)26-21-10-4-3-9-20(21)24-25-26/h1-4,6-7,9-12,14,19,22-23H,5,8,13,15H2/t19-,22?/m1/s1. The van der Waals surface area contributed by atoms with Crippen LogP contribution in [0.2, 0.25) is 0 Å². The van der Waals surface area contributed by atoms with E-state index in [4.69, 9.17) is 0 Å². The zero-order chi connectivity index (χ0) is 17.3. The highest BCUT2D eigenvalue weighted by Gasteiger charge is 2.28. The summed E-state index contributed by atoms with van der Waals surface area (Å²) in [5, 5.41) is 15.1. The molecule has 0 bridgehead atoms. The summed E-state index contributed by atoms with van der Waals surface area (Å²) in [4.78, 5) is 0. The average molecular weight is 342 g/mol. The minimum absolute atomic E-state index is 0.194. The molecular weight excluding hydrogens is 320 g/mol. The Morgan fingerprint density at radius 2 is 1.81 bits per heavy atom. The van der Waals surface area contributed by atoms with Crippen molar-refractivity contribution in [3.8, 4) is 0 Å². The van der Waals surface area contributed by atoms with E-state index in [0.717, 1.165) is 24.1 Å². The van der Waals surface area contributed by atoms with E-state index >= 15 is 0 Å². The highest BCUT2D eigenvalue weighted by molar-refractivity contribution is 5.83. The van der Waals surface area contributed by atoms with Gasteiger partial charge in [0.2, 0.25) is 0 Å². The number of aromatic nitrogens is 3. The van der Waals surface area contributed by atoms with Crippen molar-refractivity contribution >= 4 is 21.8 Å². The van der Waals surface area contributed by atoms with Crippen LogP contribution in [0.5, 0.6) is 0 Å². The summed E-state index contributed by atoms with van der Waals surface area (Å²) in [5.74, 6) is 0.509. The summed E-state index contributed by atoms with van der Waals surface area (Å²) < 4.78 is 2.14. The minimum Gasteiger partial charge on any atom is -0.316 e. The Bertz CT molecular complexity index is 1050. The van der Waals surface area contributed by atoms with Gasteiger partial charge in [-0.05, 0) is 59.8 Å². The maximum absolute atomic E-state index is 4.57. The topological polar surface area (TPSA) is 42.7 Å². The van der Waals surface area contributed by atoms with Crippen LogP contribution in [-0.4, -0.2) is 28.1 Å². The smallest absolute Gasteiger partial charge is 0.113 e. The first-order chi connectivity index (χ1) is 12.9. The minimum atomic E-state index is 0.194. The van der Waals surface area contributed by atoms with Gasteiger partial charge >= 0.3 is 0 Å². The molecule has 1 aliphatic heterocycles. The van der Waals surface area contributed by atoms with Gasteiger partial charge in [-0.25, -0.2) is 4.68 Å². The molecule has 0 saturated carbocycles. The van der Waals surface area contributed by atoms with E-state index in [1.807, 2.05) is 12.1 Å². The van der Waals surface area contributed by atoms with E-state index in [0.29, 0.717) is 5.92 Å². The SMILES string of the molecule is c1ccc2cc(C([C@@H]3CCCNC3)n3nnc4ccccc43)ccc2c1. The summed E-state index contributed by atoms with van der Waals surface area (Å²) in [7, 11) is 0. The van der Waals surface area contributed by atoms with Gasteiger partial charge in [-0.3, -0.25) is 0 Å². The lowest BCUT2D eigenvalue weighted by molar-refractivity contribution is 0.283. The summed E-state index contributed by atoms with van der Waals surface area (Å²) >= 11 is 0. The first-order valence-electron chi connectivity index (χ1n) is 9.39. The van der Waals surface area contributed by atoms with Crippen LogP contribution < -0.4 is 5.32 Å². The van der Waals surface area contributed by atoms with E-state index in [1.54, 1.807) is 0 Å². The molecule has 1 fully saturated rings. The normalized spacial score (nSPS) is 19.0. The van der Waals surface area contributed by atoms with Gasteiger partial charge in [-0.2, -0.15) is 0 Å². The molecule has 4 aromatic rings. The Kier molecular flexibility index (Phi) is 3.91. The second-order valence-electron chi connectivity index (χ2n) is 7.18. The fraction of sp³-hybridized carbons (Fsp3) is 0.273. The number of hydrogen-bond acceptors (Lipinski definition) is 3. The molecule has 1 saturated heterocycles. The highest BCUT2D eigenvalue weighted by atomic mass is 15.4. The lowest BCUT2D eigenvalue weighted by Crippen LogP contribution is -2.36. The van der Waals surface area contributed by atoms with Gasteiger partial charge < -0.3 is 5.32 Å². The zero-order valence-electron chi connectivity index (χ0n) is 14.7. The monoisotopic (exact) mass is 342 g/mol. The Hall–Kier alpha value is -2.72. The fourth-order valence-corrected chi connectivity index (χ4v) is 4.25. The quantitative estimate of drug-likeness (QED) is 0.607. The molecule has 0 spiro atoms. The molecule has 4 nitrogen and oxygen atoms in total. The van der Waals surface area contributed by atoms with Gasteiger partial charge in [0.25, 0.3) is 0 Å². The Morgan fingerprint density at radius 3 is 2.69 bits per heavy atom. The number of hydrogen-bond donors (Lipinski definition) is 1. The van der Waals surface area contributed by atoms with Crippen LogP contribution in [0.25, 0.3) is 21.8 Å². The van der Waals surface area contributed by atoms with Crippen LogP contribution in [-0.2, 0) is 0 Å². The van der Waals surface area contributed by atoms with E-state index in [2.05, 4.69) is 74.9 Å². The largest absolute Gasteiger partial charge is 0.316 e. The van der Waals surface area contributed by atoms with Gasteiger partial charge in [0.15, 0.2) is 0 Å². The number of nitrogens with one attached hydrogen (secondary N) is 1. The Morgan fingerprint density at radius 1 is 0.962 bits per heavy atom. The van der Waals surface area contributed by atoms with Gasteiger partial charge in [-0.15, -0.1) is 5.10 Å². The molecule has 130 valence electrons. The van der Waals surface area contributed by atoms with Crippen LogP contribution >= 0.6 is 0 Å². The lowest BCUT2D eigenvalue weighted by atomic mass is 9.86. The molecule has 1 N–H and O–H groups in total. The molecule has 1 aromatic heterocycles. The van der Waals surface area contributed by atoms with Gasteiger partial charge in [-0.1, -0.05) is 53.7 Å². The molecule has 0 radical (unpaired) electrons. The third-order valence-electron chi connectivity index (χ3n) is 5.54. The van der Waals surface area contributed by atoms with Crippen LogP contribution in [0.15, 0.2) is 66.7 Å². The number of fused-ring (bicyclic) bond motifs is 2. The molecule has 2 heterocycles. The van der Waals surface area contributed by atoms with Crippen molar-refractivity contribution in [3.63, 3.8) is 0 Å². The van der Waals surface area contributed by atoms with Crippen molar-refractivity contribution < 1.29 is 0 Å². The third-order valence-corrected chi connectivity index (χ3v) is 5.54. The molecule has 1 aliphatic rings. The third kappa shape index (κ3) is 2.67. The van der Waals surface area contributed by atoms with Gasteiger partial charge in [0.1, 0.15) is 5.52 Å². The summed E-state index contributed by atoms with van der Waals surface area (Å²) in [6.07, 6.45) is 2.42. The first-order valence-corrected chi connectivity index (χ1v) is 9.39. The number of piperidine rings is 1. The summed E-state index contributed by atoms with van der Waals surface area (Å²) in [6.45, 7) is 2.13. The summed E-state index contributed by atoms with van der Waals surface area (Å²) in [5.41, 5.74) is 3.38. The van der Waals surface area contributed by atoms with E-state index in [1.165, 1.54) is 29.2 Å². The molecule has 0 aliphatic carbocycles. The molecule has 4 heteroatoms. The van der Waals surface area contributed by atoms with Gasteiger partial charge in [0.05, 0.1) is 11.6 Å². The second kappa shape index (κ2) is 6.54. The van der Waals surface area contributed by atoms with Crippen LogP contribution in [0.4, 0.5) is 0 Å². The predicted octanol–water partition coefficient (Wildman–Crippen LogP) is 4.17. The highest BCUT2D eigenvalue weighted by Crippen LogP contribution is 2.34. The van der Waals surface area contributed by atoms with Crippen LogP contribution in [0.1, 0.15) is 24.4 Å². The number of benzene rings is 3. The van der Waals surface area contributed by atoms with Gasteiger partial charge in [0, 0.05) is 6.54 Å². The lowest BCUT2D eigenvalue weighted by Gasteiger charge is -2.31. The Balaban J connectivity index is 1.67. The summed E-state index contributed by atoms with van der Waals surface area (Å²) in [6, 6.07) is 23.8. The second-order valence-corrected chi connectivity index (χ2v) is 7.18. The molecule has 0 amide bonds. The van der Waals surface area contributed by atoms with Crippen LogP contribution in [0, 0.1) is 5.92 Å². The van der Waals surface area contributed by atoms with E-state index in [9.17, 15) is 0 Å². The van der Waals surface area contributed by atoms with Crippen molar-refractivity contribution in [2.24, 2.45) is 5.92 Å². The zero-order valence-corrected chi connectivity index (χ0v) is 14.7. The van der Waals surface area contributed by atoms with Crippen molar-refractivity contribution in [2.75, 3.05) is 13.1 Å². The Labute approximate surface area is 152 Å². The van der Waals surface area contributed by atoms with Crippen LogP contribution in [0.3, 0.4) is 0 Å². The molecule has 26 heavy (non-hydrogen) atoms. The molecule has 1 unspecified atom stereocenters. The maximum atomic E-state index is 4.57. The van der Waals surface area contributed by atoms with Crippen molar-refractivity contribution in [2.45, 2.75) is 18.9 Å². The predicted molar refractivity (Wildman–Crippen MR) is 105 cm³/mol. The van der Waals surface area contributed by atoms with Crippen molar-refractivity contribution in [1.82, 2.24) is 20.3 Å². The number of para-hydroxylation sites is 1. The molecule has 2 atom stereocenters.